The molecule has 0 bridgehead atoms. The van der Waals surface area contributed by atoms with Gasteiger partial charge in [0.15, 0.2) is 0 Å². The first-order valence-electron chi connectivity index (χ1n) is 16.3. The van der Waals surface area contributed by atoms with Gasteiger partial charge in [0, 0.05) is 39.3 Å². The van der Waals surface area contributed by atoms with Crippen LogP contribution in [0.2, 0.25) is 0 Å². The third kappa shape index (κ3) is 8.16. The van der Waals surface area contributed by atoms with Gasteiger partial charge in [-0.25, -0.2) is 0 Å². The Morgan fingerprint density at radius 1 is 0.556 bits per heavy atom. The molecule has 252 valence electrons. The summed E-state index contributed by atoms with van der Waals surface area (Å²) in [6.45, 7) is 22.4. The molecule has 0 unspecified atom stereocenters. The van der Waals surface area contributed by atoms with Crippen molar-refractivity contribution >= 4 is 35.5 Å². The molecule has 0 spiro atoms. The third-order valence-corrected chi connectivity index (χ3v) is 8.41. The summed E-state index contributed by atoms with van der Waals surface area (Å²) in [6.07, 6.45) is 4.05. The number of carbonyl (C=O) groups excluding carboxylic acids is 4. The molecule has 2 saturated heterocycles. The van der Waals surface area contributed by atoms with Crippen molar-refractivity contribution in [2.24, 2.45) is 0 Å². The van der Waals surface area contributed by atoms with Crippen molar-refractivity contribution < 1.29 is 19.2 Å². The molecule has 0 radical (unpaired) electrons. The first-order chi connectivity index (χ1) is 20.8. The fraction of sp³-hybridized carbons (Fsp3) is 0.781. The number of imide groups is 2. The Bertz CT molecular complexity index is 1160. The Morgan fingerprint density at radius 3 is 1.18 bits per heavy atom. The number of carbonyl (C=O) groups is 4. The van der Waals surface area contributed by atoms with Crippen LogP contribution in [0.1, 0.15) is 101 Å². The van der Waals surface area contributed by atoms with Crippen LogP contribution in [0.15, 0.2) is 0 Å². The van der Waals surface area contributed by atoms with Gasteiger partial charge in [-0.2, -0.15) is 15.0 Å². The van der Waals surface area contributed by atoms with Crippen molar-refractivity contribution in [1.82, 2.24) is 35.4 Å². The van der Waals surface area contributed by atoms with Crippen LogP contribution < -0.4 is 20.4 Å². The van der Waals surface area contributed by atoms with Gasteiger partial charge in [-0.05, 0) is 75.2 Å². The minimum atomic E-state index is -0.935. The molecule has 4 amide bonds. The second-order valence-corrected chi connectivity index (χ2v) is 14.4. The fourth-order valence-corrected chi connectivity index (χ4v) is 6.22. The van der Waals surface area contributed by atoms with E-state index in [2.05, 4.69) is 39.3 Å². The Morgan fingerprint density at radius 2 is 0.867 bits per heavy atom. The van der Waals surface area contributed by atoms with E-state index in [1.54, 1.807) is 55.4 Å². The highest BCUT2D eigenvalue weighted by Gasteiger charge is 2.50. The van der Waals surface area contributed by atoms with Gasteiger partial charge in [-0.1, -0.05) is 26.7 Å². The lowest BCUT2D eigenvalue weighted by molar-refractivity contribution is -0.159. The van der Waals surface area contributed by atoms with Crippen LogP contribution in [0, 0.1) is 6.92 Å². The van der Waals surface area contributed by atoms with Crippen LogP contribution in [-0.2, 0) is 19.2 Å². The quantitative estimate of drug-likeness (QED) is 0.293. The Hall–Kier alpha value is -3.19. The molecule has 2 fully saturated rings. The summed E-state index contributed by atoms with van der Waals surface area (Å²) in [5.41, 5.74) is -3.74. The second-order valence-electron chi connectivity index (χ2n) is 14.4. The number of unbranched alkanes of at least 4 members (excludes halogenated alkanes) is 2. The lowest BCUT2D eigenvalue weighted by atomic mass is 9.90. The zero-order chi connectivity index (χ0) is 34.0. The molecule has 0 aliphatic carbocycles. The molecule has 2 N–H and O–H groups in total. The van der Waals surface area contributed by atoms with E-state index in [0.717, 1.165) is 38.8 Å². The standard InChI is InChI=1S/C32H55N9O4/c1-12-14-16-38(17-15-13-2)27-33-22(3)34-28(35-27)39(18-20-40-23(42)29(4,5)36-30(6,7)24(40)43)19-21-41-25(44)31(8,9)37-32(10,11)26(41)45/h36-37H,12-21H2,1-11H3. The summed E-state index contributed by atoms with van der Waals surface area (Å²) in [7, 11) is 0. The molecule has 1 aromatic heterocycles. The maximum atomic E-state index is 13.4. The molecular formula is C32H55N9O4. The van der Waals surface area contributed by atoms with Gasteiger partial charge in [0.05, 0.1) is 22.2 Å². The van der Waals surface area contributed by atoms with Gasteiger partial charge in [0.1, 0.15) is 5.82 Å². The van der Waals surface area contributed by atoms with E-state index in [4.69, 9.17) is 4.98 Å². The molecule has 0 atom stereocenters. The van der Waals surface area contributed by atoms with Crippen LogP contribution in [0.3, 0.4) is 0 Å². The molecule has 3 heterocycles. The van der Waals surface area contributed by atoms with Crippen molar-refractivity contribution in [3.8, 4) is 0 Å². The van der Waals surface area contributed by atoms with Gasteiger partial charge >= 0.3 is 0 Å². The second kappa shape index (κ2) is 13.7. The maximum absolute atomic E-state index is 13.4. The Kier molecular flexibility index (Phi) is 11.0. The van der Waals surface area contributed by atoms with Gasteiger partial charge in [0.2, 0.25) is 35.5 Å². The number of piperazine rings is 2. The molecule has 3 rings (SSSR count). The average Bonchev–Trinajstić information content (AvgIpc) is 2.93. The molecule has 1 aromatic rings. The van der Waals surface area contributed by atoms with Crippen LogP contribution >= 0.6 is 0 Å². The first kappa shape index (κ1) is 36.3. The molecule has 2 aliphatic heterocycles. The van der Waals surface area contributed by atoms with Gasteiger partial charge in [-0.15, -0.1) is 0 Å². The number of hydrogen-bond acceptors (Lipinski definition) is 11. The number of aryl methyl sites for hydroxylation is 1. The van der Waals surface area contributed by atoms with Gasteiger partial charge < -0.3 is 9.80 Å². The number of aromatic nitrogens is 3. The van der Waals surface area contributed by atoms with E-state index in [1.165, 1.54) is 9.80 Å². The van der Waals surface area contributed by atoms with Crippen molar-refractivity contribution in [1.29, 1.82) is 0 Å². The number of hydrogen-bond donors (Lipinski definition) is 2. The van der Waals surface area contributed by atoms with E-state index in [9.17, 15) is 19.2 Å². The van der Waals surface area contributed by atoms with Gasteiger partial charge in [-0.3, -0.25) is 39.6 Å². The van der Waals surface area contributed by atoms with E-state index < -0.39 is 22.2 Å². The zero-order valence-electron chi connectivity index (χ0n) is 29.3. The third-order valence-electron chi connectivity index (χ3n) is 8.41. The zero-order valence-corrected chi connectivity index (χ0v) is 29.3. The topological polar surface area (TPSA) is 144 Å². The lowest BCUT2D eigenvalue weighted by Gasteiger charge is -2.46. The molecule has 45 heavy (non-hydrogen) atoms. The van der Waals surface area contributed by atoms with Crippen molar-refractivity contribution in [2.45, 2.75) is 124 Å². The molecular weight excluding hydrogens is 574 g/mol. The SMILES string of the molecule is CCCCN(CCCC)c1nc(C)nc(N(CCN2C(=O)C(C)(C)NC(C)(C)C2=O)CCN2C(=O)C(C)(C)NC(C)(C)C2=O)n1. The summed E-state index contributed by atoms with van der Waals surface area (Å²) in [5.74, 6) is 0.198. The molecule has 2 aliphatic rings. The van der Waals surface area contributed by atoms with Crippen LogP contribution in [0.4, 0.5) is 11.9 Å². The number of anilines is 2. The van der Waals surface area contributed by atoms with Crippen molar-refractivity contribution in [3.05, 3.63) is 5.82 Å². The molecule has 0 saturated carbocycles. The van der Waals surface area contributed by atoms with Crippen LogP contribution in [0.25, 0.3) is 0 Å². The number of amides is 4. The first-order valence-corrected chi connectivity index (χ1v) is 16.3. The summed E-state index contributed by atoms with van der Waals surface area (Å²) >= 11 is 0. The predicted octanol–water partition coefficient (Wildman–Crippen LogP) is 2.42. The minimum Gasteiger partial charge on any atom is -0.341 e. The number of nitrogens with zero attached hydrogens (tertiary/aromatic N) is 7. The Balaban J connectivity index is 1.99. The van der Waals surface area contributed by atoms with Crippen LogP contribution in [0.5, 0.6) is 0 Å². The monoisotopic (exact) mass is 629 g/mol. The van der Waals surface area contributed by atoms with E-state index in [-0.39, 0.29) is 49.8 Å². The molecule has 13 nitrogen and oxygen atoms in total. The number of rotatable bonds is 14. The van der Waals surface area contributed by atoms with E-state index >= 15 is 0 Å². The summed E-state index contributed by atoms with van der Waals surface area (Å²) in [6, 6.07) is 0. The summed E-state index contributed by atoms with van der Waals surface area (Å²) in [5, 5.41) is 6.31. The fourth-order valence-electron chi connectivity index (χ4n) is 6.22. The van der Waals surface area contributed by atoms with Crippen molar-refractivity contribution in [2.75, 3.05) is 49.1 Å². The Labute approximate surface area is 268 Å². The average molecular weight is 630 g/mol. The van der Waals surface area contributed by atoms with E-state index in [0.29, 0.717) is 17.7 Å². The van der Waals surface area contributed by atoms with E-state index in [1.807, 2.05) is 11.8 Å². The van der Waals surface area contributed by atoms with Crippen molar-refractivity contribution in [3.63, 3.8) is 0 Å². The highest BCUT2D eigenvalue weighted by atomic mass is 16.2. The highest BCUT2D eigenvalue weighted by Crippen LogP contribution is 2.26. The maximum Gasteiger partial charge on any atom is 0.249 e. The molecule has 0 aromatic carbocycles. The van der Waals surface area contributed by atoms with Gasteiger partial charge in [0.25, 0.3) is 0 Å². The summed E-state index contributed by atoms with van der Waals surface area (Å²) < 4.78 is 0. The largest absolute Gasteiger partial charge is 0.341 e. The predicted molar refractivity (Wildman–Crippen MR) is 175 cm³/mol. The molecule has 13 heteroatoms. The summed E-state index contributed by atoms with van der Waals surface area (Å²) in [4.78, 5) is 74.4. The normalized spacial score (nSPS) is 20.5. The smallest absolute Gasteiger partial charge is 0.249 e. The highest BCUT2D eigenvalue weighted by molar-refractivity contribution is 6.07. The number of nitrogens with one attached hydrogen (secondary N) is 2. The minimum absolute atomic E-state index is 0.0854. The van der Waals surface area contributed by atoms with Crippen LogP contribution in [-0.4, -0.2) is 110 Å². The lowest BCUT2D eigenvalue weighted by Crippen LogP contribution is -2.73.